The van der Waals surface area contributed by atoms with E-state index >= 15 is 0 Å². The second-order valence-corrected chi connectivity index (χ2v) is 24.7. The molecule has 1 aliphatic heterocycles. The van der Waals surface area contributed by atoms with Crippen molar-refractivity contribution in [2.24, 2.45) is 0 Å². The van der Waals surface area contributed by atoms with Gasteiger partial charge in [0.1, 0.15) is 0 Å². The molecule has 0 bridgehead atoms. The fourth-order valence-corrected chi connectivity index (χ4v) is 17.5. The zero-order valence-corrected chi connectivity index (χ0v) is 36.6. The zero-order valence-electron chi connectivity index (χ0n) is 32.5. The average molecular weight is 825 g/mol. The molecular weight excluding hydrogens is 759 g/mol. The number of allylic oxidation sites excluding steroid dienone is 4. The van der Waals surface area contributed by atoms with Gasteiger partial charge in [0, 0.05) is 5.66 Å². The normalized spacial score (nSPS) is 21.8. The van der Waals surface area contributed by atoms with Gasteiger partial charge in [0.25, 0.3) is 0 Å². The Morgan fingerprint density at radius 3 is 1.46 bits per heavy atom. The molecule has 1 atom stereocenters. The first-order valence-electron chi connectivity index (χ1n) is 19.6. The van der Waals surface area contributed by atoms with Crippen molar-refractivity contribution >= 4 is 43.0 Å². The van der Waals surface area contributed by atoms with Crippen molar-refractivity contribution in [3.05, 3.63) is 80.9 Å². The fourth-order valence-electron chi connectivity index (χ4n) is 9.66. The fraction of sp³-hybridized carbons (Fsp3) is 0.614. The molecule has 2 aromatic carbocycles. The van der Waals surface area contributed by atoms with Gasteiger partial charge >= 0.3 is 171 Å². The summed E-state index contributed by atoms with van der Waals surface area (Å²) in [5, 5.41) is 0. The van der Waals surface area contributed by atoms with Crippen molar-refractivity contribution < 1.29 is 13.5 Å². The van der Waals surface area contributed by atoms with E-state index in [-0.39, 0.29) is 7.92 Å². The monoisotopic (exact) mass is 824 g/mol. The third-order valence-corrected chi connectivity index (χ3v) is 18.5. The van der Waals surface area contributed by atoms with Gasteiger partial charge in [-0.1, -0.05) is 76.2 Å². The van der Waals surface area contributed by atoms with Gasteiger partial charge in [-0.15, -0.1) is 0 Å². The number of halogens is 2. The van der Waals surface area contributed by atoms with Gasteiger partial charge in [-0.05, 0) is 70.1 Å². The Labute approximate surface area is 320 Å². The molecule has 278 valence electrons. The topological polar surface area (TPSA) is 6.48 Å². The number of rotatable bonds is 6. The summed E-state index contributed by atoms with van der Waals surface area (Å²) < 4.78 is 1.10. The van der Waals surface area contributed by atoms with Crippen LogP contribution in [-0.4, -0.2) is 34.4 Å². The van der Waals surface area contributed by atoms with Crippen molar-refractivity contribution in [1.29, 1.82) is 0 Å². The summed E-state index contributed by atoms with van der Waals surface area (Å²) in [7, 11) is 13.5. The van der Waals surface area contributed by atoms with Gasteiger partial charge in [0.2, 0.25) is 0 Å². The molecule has 3 saturated carbocycles. The van der Waals surface area contributed by atoms with Crippen LogP contribution in [0.4, 0.5) is 11.4 Å². The zero-order chi connectivity index (χ0) is 35.9. The van der Waals surface area contributed by atoms with E-state index in [1.807, 2.05) is 5.57 Å². The van der Waals surface area contributed by atoms with Crippen molar-refractivity contribution in [1.82, 2.24) is 0 Å². The Bertz CT molecular complexity index is 1430. The van der Waals surface area contributed by atoms with Crippen molar-refractivity contribution in [3.8, 4) is 0 Å². The van der Waals surface area contributed by atoms with E-state index in [1.165, 1.54) is 115 Å². The Morgan fingerprint density at radius 1 is 0.640 bits per heavy atom. The van der Waals surface area contributed by atoms with E-state index in [1.54, 1.807) is 25.7 Å². The third kappa shape index (κ3) is 9.96. The summed E-state index contributed by atoms with van der Waals surface area (Å²) in [6.07, 6.45) is 26.2. The second kappa shape index (κ2) is 18.9. The standard InChI is InChI=1S/C23H39P.C21H26N2.2ClH.Ru/c1-19(2)17-18-20-11-9-10-16-23(20)24(21-12-5-3-6-13-21)22-14-7-4-8-15-22;1-14-9-16(3)20(17(4)10-14)22-7-8-23(13-22)21-18(5)11-15(2)12-19(21)6;;;/h17-18,21-23H,3-16H2,1-2H3;9-12H,7-8H2,1-6H3;2*1H;/q;;;;+2/p-2. The number of aryl methyl sites for hydroxylation is 6. The van der Waals surface area contributed by atoms with Crippen LogP contribution in [0.2, 0.25) is 0 Å². The van der Waals surface area contributed by atoms with Crippen molar-refractivity contribution in [2.75, 3.05) is 22.9 Å². The van der Waals surface area contributed by atoms with Crippen LogP contribution in [0, 0.1) is 41.5 Å². The maximum absolute atomic E-state index is 6.63. The molecule has 1 unspecified atom stereocenters. The molecule has 6 rings (SSSR count). The molecule has 4 aliphatic rings. The summed E-state index contributed by atoms with van der Waals surface area (Å²) in [6.45, 7) is 19.3. The molecule has 1 saturated heterocycles. The van der Waals surface area contributed by atoms with Crippen LogP contribution in [0.25, 0.3) is 0 Å². The number of nitrogens with zero attached hydrogens (tertiary/aromatic N) is 2. The molecule has 6 heteroatoms. The summed E-state index contributed by atoms with van der Waals surface area (Å²) in [5.41, 5.74) is 16.7. The van der Waals surface area contributed by atoms with Crippen LogP contribution < -0.4 is 9.80 Å². The summed E-state index contributed by atoms with van der Waals surface area (Å²) in [4.78, 5) is 4.73. The minimum absolute atomic E-state index is 0.217. The Hall–Kier alpha value is -0.977. The Balaban J connectivity index is 0.000000195. The molecule has 50 heavy (non-hydrogen) atoms. The number of anilines is 2. The number of hydrogen-bond acceptors (Lipinski definition) is 2. The SMILES string of the molecule is CC(C)=CC=C1CCCCC1P(C1CCCCC1)C1CCCCC1.Cc1cc(C)c(N2CCN(c3c(C)cc(C)cc3C)[C]2=[Ru]([Cl])[Cl])c(C)c1. The van der Waals surface area contributed by atoms with Crippen LogP contribution in [-0.2, 0) is 13.5 Å². The molecule has 0 spiro atoms. The Kier molecular flexibility index (Phi) is 15.2. The van der Waals surface area contributed by atoms with Gasteiger partial charge < -0.3 is 0 Å². The first-order chi connectivity index (χ1) is 24.0. The molecule has 2 nitrogen and oxygen atoms in total. The van der Waals surface area contributed by atoms with Gasteiger partial charge in [-0.3, -0.25) is 0 Å². The van der Waals surface area contributed by atoms with Crippen LogP contribution in [0.1, 0.15) is 137 Å². The number of benzene rings is 2. The second-order valence-electron chi connectivity index (χ2n) is 16.0. The van der Waals surface area contributed by atoms with E-state index in [4.69, 9.17) is 19.4 Å². The van der Waals surface area contributed by atoms with Gasteiger partial charge in [-0.25, -0.2) is 0 Å². The van der Waals surface area contributed by atoms with Crippen LogP contribution >= 0.6 is 27.3 Å². The minimum atomic E-state index is -2.12. The summed E-state index contributed by atoms with van der Waals surface area (Å²) >= 11 is -2.12. The first-order valence-corrected chi connectivity index (χ1v) is 26.5. The first kappa shape index (κ1) is 40.2. The summed E-state index contributed by atoms with van der Waals surface area (Å²) in [6, 6.07) is 8.96. The molecule has 4 fully saturated rings. The maximum atomic E-state index is 6.63. The van der Waals surface area contributed by atoms with E-state index in [2.05, 4.69) is 102 Å². The van der Waals surface area contributed by atoms with Crippen molar-refractivity contribution in [2.45, 2.75) is 162 Å². The predicted molar refractivity (Wildman–Crippen MR) is 223 cm³/mol. The van der Waals surface area contributed by atoms with Crippen molar-refractivity contribution in [3.63, 3.8) is 0 Å². The van der Waals surface area contributed by atoms with Crippen LogP contribution in [0.15, 0.2) is 47.6 Å². The molecule has 0 aromatic heterocycles. The molecular formula is C44H65Cl2N2PRu. The van der Waals surface area contributed by atoms with Crippen LogP contribution in [0.3, 0.4) is 0 Å². The van der Waals surface area contributed by atoms with E-state index in [0.29, 0.717) is 0 Å². The van der Waals surface area contributed by atoms with Gasteiger partial charge in [0.05, 0.1) is 0 Å². The molecule has 3 aliphatic carbocycles. The summed E-state index contributed by atoms with van der Waals surface area (Å²) in [5.74, 6) is 0. The van der Waals surface area contributed by atoms with E-state index in [9.17, 15) is 0 Å². The molecule has 1 heterocycles. The Morgan fingerprint density at radius 2 is 1.06 bits per heavy atom. The third-order valence-electron chi connectivity index (χ3n) is 11.5. The quantitative estimate of drug-likeness (QED) is 0.211. The molecule has 0 amide bonds. The molecule has 0 radical (unpaired) electrons. The molecule has 0 N–H and O–H groups in total. The average Bonchev–Trinajstić information content (AvgIpc) is 3.49. The van der Waals surface area contributed by atoms with Gasteiger partial charge in [0.15, 0.2) is 0 Å². The molecule has 2 aromatic rings. The predicted octanol–water partition coefficient (Wildman–Crippen LogP) is 13.8. The van der Waals surface area contributed by atoms with E-state index < -0.39 is 13.5 Å². The van der Waals surface area contributed by atoms with Gasteiger partial charge in [-0.2, -0.15) is 0 Å². The van der Waals surface area contributed by atoms with Crippen LogP contribution in [0.5, 0.6) is 0 Å². The number of hydrogen-bond donors (Lipinski definition) is 0. The van der Waals surface area contributed by atoms with E-state index in [0.717, 1.165) is 34.4 Å².